The van der Waals surface area contributed by atoms with E-state index in [2.05, 4.69) is 20.4 Å². The Morgan fingerprint density at radius 3 is 2.44 bits per heavy atom. The number of aromatic nitrogens is 4. The summed E-state index contributed by atoms with van der Waals surface area (Å²) in [6.45, 7) is 6.03. The molecule has 6 heteroatoms. The highest BCUT2D eigenvalue weighted by Gasteiger charge is 2.17. The lowest BCUT2D eigenvalue weighted by Gasteiger charge is -2.11. The molecule has 18 heavy (non-hydrogen) atoms. The van der Waals surface area contributed by atoms with E-state index in [1.807, 2.05) is 20.8 Å². The molecule has 0 aliphatic heterocycles. The average Bonchev–Trinajstić information content (AvgIpc) is 2.65. The summed E-state index contributed by atoms with van der Waals surface area (Å²) in [5.74, 6) is 1.88. The molecule has 0 spiro atoms. The summed E-state index contributed by atoms with van der Waals surface area (Å²) in [6, 6.07) is 0. The van der Waals surface area contributed by atoms with E-state index in [-0.39, 0.29) is 0 Å². The Kier molecular flexibility index (Phi) is 3.18. The van der Waals surface area contributed by atoms with E-state index in [4.69, 9.17) is 4.74 Å². The van der Waals surface area contributed by atoms with Gasteiger partial charge in [0.05, 0.1) is 12.8 Å². The highest BCUT2D eigenvalue weighted by Crippen LogP contribution is 2.28. The predicted octanol–water partition coefficient (Wildman–Crippen LogP) is 1.64. The van der Waals surface area contributed by atoms with E-state index in [0.717, 1.165) is 17.0 Å². The van der Waals surface area contributed by atoms with Gasteiger partial charge in [0.2, 0.25) is 11.6 Å². The van der Waals surface area contributed by atoms with Crippen LogP contribution in [0.25, 0.3) is 5.82 Å². The summed E-state index contributed by atoms with van der Waals surface area (Å²) in [5, 5.41) is 7.46. The molecule has 0 amide bonds. The van der Waals surface area contributed by atoms with E-state index in [9.17, 15) is 0 Å². The number of aryl methyl sites for hydroxylation is 1. The van der Waals surface area contributed by atoms with Crippen molar-refractivity contribution in [2.24, 2.45) is 0 Å². The van der Waals surface area contributed by atoms with Gasteiger partial charge in [0.15, 0.2) is 5.82 Å². The summed E-state index contributed by atoms with van der Waals surface area (Å²) >= 11 is 0. The van der Waals surface area contributed by atoms with Crippen molar-refractivity contribution in [1.82, 2.24) is 19.7 Å². The van der Waals surface area contributed by atoms with Crippen LogP contribution in [0.2, 0.25) is 0 Å². The summed E-state index contributed by atoms with van der Waals surface area (Å²) < 4.78 is 7.16. The molecule has 0 fully saturated rings. The Morgan fingerprint density at radius 2 is 1.94 bits per heavy atom. The van der Waals surface area contributed by atoms with Crippen LogP contribution >= 0.6 is 0 Å². The SMILES string of the molecule is CNc1ncnc(-n2nc(C)c(C)c2C)c1OC. The topological polar surface area (TPSA) is 64.9 Å². The van der Waals surface area contributed by atoms with Crippen LogP contribution in [0.15, 0.2) is 6.33 Å². The maximum Gasteiger partial charge on any atom is 0.206 e. The Labute approximate surface area is 106 Å². The molecule has 0 aliphatic carbocycles. The average molecular weight is 247 g/mol. The molecule has 0 aromatic carbocycles. The molecule has 0 radical (unpaired) electrons. The van der Waals surface area contributed by atoms with Crippen molar-refractivity contribution in [1.29, 1.82) is 0 Å². The van der Waals surface area contributed by atoms with Crippen molar-refractivity contribution < 1.29 is 4.74 Å². The van der Waals surface area contributed by atoms with Crippen LogP contribution in [0.4, 0.5) is 5.82 Å². The number of methoxy groups -OCH3 is 1. The third kappa shape index (κ3) is 1.79. The molecule has 96 valence electrons. The standard InChI is InChI=1S/C12H17N5O/c1-7-8(2)16-17(9(7)3)12-10(18-5)11(13-4)14-6-15-12/h6H,1-5H3,(H,13,14,15). The molecule has 0 aliphatic rings. The molecule has 0 saturated heterocycles. The van der Waals surface area contributed by atoms with E-state index < -0.39 is 0 Å². The molecule has 1 N–H and O–H groups in total. The molecule has 6 nitrogen and oxygen atoms in total. The van der Waals surface area contributed by atoms with Gasteiger partial charge in [-0.1, -0.05) is 0 Å². The highest BCUT2D eigenvalue weighted by molar-refractivity contribution is 5.58. The van der Waals surface area contributed by atoms with Crippen molar-refractivity contribution in [3.63, 3.8) is 0 Å². The van der Waals surface area contributed by atoms with Gasteiger partial charge in [0.1, 0.15) is 6.33 Å². The lowest BCUT2D eigenvalue weighted by Crippen LogP contribution is -2.08. The summed E-state index contributed by atoms with van der Waals surface area (Å²) in [6.07, 6.45) is 1.50. The maximum atomic E-state index is 5.38. The first kappa shape index (κ1) is 12.3. The number of anilines is 1. The van der Waals surface area contributed by atoms with Gasteiger partial charge in [-0.3, -0.25) is 0 Å². The molecule has 0 bridgehead atoms. The second-order valence-corrected chi connectivity index (χ2v) is 4.04. The molecule has 2 aromatic rings. The maximum absolute atomic E-state index is 5.38. The second-order valence-electron chi connectivity index (χ2n) is 4.04. The Hall–Kier alpha value is -2.11. The predicted molar refractivity (Wildman–Crippen MR) is 69.5 cm³/mol. The Balaban J connectivity index is 2.67. The second kappa shape index (κ2) is 4.64. The molecule has 2 aromatic heterocycles. The van der Waals surface area contributed by atoms with Crippen LogP contribution in [0.3, 0.4) is 0 Å². The molecule has 2 heterocycles. The number of rotatable bonds is 3. The quantitative estimate of drug-likeness (QED) is 0.893. The Bertz CT molecular complexity index is 576. The lowest BCUT2D eigenvalue weighted by atomic mass is 10.2. The smallest absolute Gasteiger partial charge is 0.206 e. The van der Waals surface area contributed by atoms with Crippen molar-refractivity contribution in [3.05, 3.63) is 23.3 Å². The number of hydrogen-bond acceptors (Lipinski definition) is 5. The molecular weight excluding hydrogens is 230 g/mol. The Morgan fingerprint density at radius 1 is 1.22 bits per heavy atom. The number of hydrogen-bond donors (Lipinski definition) is 1. The normalized spacial score (nSPS) is 10.5. The van der Waals surface area contributed by atoms with Gasteiger partial charge in [0, 0.05) is 12.7 Å². The minimum absolute atomic E-state index is 0.589. The van der Waals surface area contributed by atoms with Gasteiger partial charge >= 0.3 is 0 Å². The van der Waals surface area contributed by atoms with E-state index in [0.29, 0.717) is 17.4 Å². The minimum atomic E-state index is 0.589. The first-order chi connectivity index (χ1) is 8.60. The van der Waals surface area contributed by atoms with Crippen molar-refractivity contribution >= 4 is 5.82 Å². The fourth-order valence-electron chi connectivity index (χ4n) is 1.81. The van der Waals surface area contributed by atoms with Gasteiger partial charge in [-0.05, 0) is 26.3 Å². The number of ether oxygens (including phenoxy) is 1. The fraction of sp³-hybridized carbons (Fsp3) is 0.417. The fourth-order valence-corrected chi connectivity index (χ4v) is 1.81. The first-order valence-corrected chi connectivity index (χ1v) is 5.70. The van der Waals surface area contributed by atoms with Crippen molar-refractivity contribution in [2.45, 2.75) is 20.8 Å². The van der Waals surface area contributed by atoms with Crippen LogP contribution in [-0.4, -0.2) is 33.9 Å². The zero-order valence-electron chi connectivity index (χ0n) is 11.3. The van der Waals surface area contributed by atoms with Gasteiger partial charge in [0.25, 0.3) is 0 Å². The molecular formula is C12H17N5O. The molecule has 0 saturated carbocycles. The lowest BCUT2D eigenvalue weighted by molar-refractivity contribution is 0.409. The highest BCUT2D eigenvalue weighted by atomic mass is 16.5. The number of nitrogens with zero attached hydrogens (tertiary/aromatic N) is 4. The molecule has 2 rings (SSSR count). The van der Waals surface area contributed by atoms with Crippen LogP contribution in [0.1, 0.15) is 17.0 Å². The van der Waals surface area contributed by atoms with E-state index in [1.54, 1.807) is 18.8 Å². The van der Waals surface area contributed by atoms with Crippen LogP contribution < -0.4 is 10.1 Å². The molecule has 0 atom stereocenters. The number of nitrogens with one attached hydrogen (secondary N) is 1. The van der Waals surface area contributed by atoms with Crippen molar-refractivity contribution in [3.8, 4) is 11.6 Å². The van der Waals surface area contributed by atoms with Crippen LogP contribution in [0.5, 0.6) is 5.75 Å². The van der Waals surface area contributed by atoms with Gasteiger partial charge < -0.3 is 10.1 Å². The zero-order chi connectivity index (χ0) is 13.3. The third-order valence-electron chi connectivity index (χ3n) is 3.08. The molecule has 0 unspecified atom stereocenters. The van der Waals surface area contributed by atoms with Crippen molar-refractivity contribution in [2.75, 3.05) is 19.5 Å². The van der Waals surface area contributed by atoms with Gasteiger partial charge in [-0.15, -0.1) is 0 Å². The van der Waals surface area contributed by atoms with Crippen LogP contribution in [0, 0.1) is 20.8 Å². The first-order valence-electron chi connectivity index (χ1n) is 5.70. The largest absolute Gasteiger partial charge is 0.490 e. The van der Waals surface area contributed by atoms with Gasteiger partial charge in [-0.2, -0.15) is 5.10 Å². The van der Waals surface area contributed by atoms with E-state index >= 15 is 0 Å². The summed E-state index contributed by atoms with van der Waals surface area (Å²) in [5.41, 5.74) is 3.19. The zero-order valence-corrected chi connectivity index (χ0v) is 11.3. The monoisotopic (exact) mass is 247 g/mol. The summed E-state index contributed by atoms with van der Waals surface area (Å²) in [7, 11) is 3.39. The van der Waals surface area contributed by atoms with Gasteiger partial charge in [-0.25, -0.2) is 14.6 Å². The van der Waals surface area contributed by atoms with E-state index in [1.165, 1.54) is 6.33 Å². The summed E-state index contributed by atoms with van der Waals surface area (Å²) in [4.78, 5) is 8.39. The van der Waals surface area contributed by atoms with Crippen LogP contribution in [-0.2, 0) is 0 Å². The third-order valence-corrected chi connectivity index (χ3v) is 3.08. The minimum Gasteiger partial charge on any atom is -0.490 e.